The zero-order chi connectivity index (χ0) is 21.5. The van der Waals surface area contributed by atoms with Gasteiger partial charge in [-0.25, -0.2) is 5.43 Å². The highest BCUT2D eigenvalue weighted by molar-refractivity contribution is 5.99. The smallest absolute Gasteiger partial charge is 0.277 e. The van der Waals surface area contributed by atoms with E-state index in [4.69, 9.17) is 9.47 Å². The molecule has 160 valence electrons. The van der Waals surface area contributed by atoms with E-state index < -0.39 is 0 Å². The molecule has 1 aliphatic rings. The van der Waals surface area contributed by atoms with Gasteiger partial charge in [0.15, 0.2) is 6.61 Å². The third-order valence-corrected chi connectivity index (χ3v) is 5.16. The quantitative estimate of drug-likeness (QED) is 0.557. The minimum atomic E-state index is -0.282. The third-order valence-electron chi connectivity index (χ3n) is 5.16. The van der Waals surface area contributed by atoms with Gasteiger partial charge in [0.2, 0.25) is 0 Å². The normalized spacial score (nSPS) is 14.7. The van der Waals surface area contributed by atoms with Crippen molar-refractivity contribution in [1.82, 2.24) is 5.43 Å². The van der Waals surface area contributed by atoms with Crippen LogP contribution >= 0.6 is 0 Å². The maximum Gasteiger partial charge on any atom is 0.277 e. The van der Waals surface area contributed by atoms with Gasteiger partial charge in [-0.1, -0.05) is 38.1 Å². The number of morpholine rings is 1. The van der Waals surface area contributed by atoms with E-state index in [1.807, 2.05) is 32.0 Å². The van der Waals surface area contributed by atoms with Gasteiger partial charge in [-0.05, 0) is 54.7 Å². The van der Waals surface area contributed by atoms with Gasteiger partial charge < -0.3 is 14.4 Å². The number of amides is 1. The maximum atomic E-state index is 12.2. The van der Waals surface area contributed by atoms with Crippen molar-refractivity contribution in [3.63, 3.8) is 0 Å². The summed E-state index contributed by atoms with van der Waals surface area (Å²) in [7, 11) is 0. The predicted molar refractivity (Wildman–Crippen MR) is 121 cm³/mol. The van der Waals surface area contributed by atoms with Gasteiger partial charge in [0.25, 0.3) is 5.91 Å². The maximum absolute atomic E-state index is 12.2. The molecule has 1 heterocycles. The summed E-state index contributed by atoms with van der Waals surface area (Å²) in [6.07, 6.45) is 0. The number of rotatable bonds is 7. The molecule has 2 aromatic rings. The molecule has 6 heteroatoms. The monoisotopic (exact) mass is 409 g/mol. The van der Waals surface area contributed by atoms with Crippen LogP contribution in [0, 0.1) is 6.92 Å². The second-order valence-electron chi connectivity index (χ2n) is 7.86. The number of aryl methyl sites for hydroxylation is 1. The second-order valence-corrected chi connectivity index (χ2v) is 7.86. The van der Waals surface area contributed by atoms with Crippen molar-refractivity contribution in [3.05, 3.63) is 59.2 Å². The molecule has 0 atom stereocenters. The average molecular weight is 410 g/mol. The molecule has 3 rings (SSSR count). The Morgan fingerprint density at radius 3 is 2.53 bits per heavy atom. The fourth-order valence-electron chi connectivity index (χ4n) is 3.36. The van der Waals surface area contributed by atoms with E-state index in [0.717, 1.165) is 54.5 Å². The van der Waals surface area contributed by atoms with Crippen molar-refractivity contribution < 1.29 is 14.3 Å². The number of carbonyl (C=O) groups is 1. The topological polar surface area (TPSA) is 63.2 Å². The minimum absolute atomic E-state index is 0.0735. The first-order valence-corrected chi connectivity index (χ1v) is 10.4. The Hall–Kier alpha value is -2.86. The number of hydrazone groups is 1. The first kappa shape index (κ1) is 21.8. The molecule has 0 aromatic heterocycles. The summed E-state index contributed by atoms with van der Waals surface area (Å²) in [5, 5.41) is 4.23. The zero-order valence-corrected chi connectivity index (χ0v) is 18.3. The SMILES string of the molecule is CC(=NNC(=O)COc1cc(C)ccc1C(C)C)c1ccc(N2CCOCC2)cc1. The largest absolute Gasteiger partial charge is 0.483 e. The Labute approximate surface area is 178 Å². The summed E-state index contributed by atoms with van der Waals surface area (Å²) in [5.74, 6) is 0.791. The molecule has 0 saturated carbocycles. The highest BCUT2D eigenvalue weighted by Gasteiger charge is 2.12. The molecule has 0 bridgehead atoms. The van der Waals surface area contributed by atoms with Crippen molar-refractivity contribution in [2.45, 2.75) is 33.6 Å². The van der Waals surface area contributed by atoms with Crippen LogP contribution in [0.1, 0.15) is 43.4 Å². The first-order chi connectivity index (χ1) is 14.4. The number of benzene rings is 2. The van der Waals surface area contributed by atoms with Crippen LogP contribution in [0.2, 0.25) is 0 Å². The Bertz CT molecular complexity index is 885. The van der Waals surface area contributed by atoms with E-state index in [-0.39, 0.29) is 12.5 Å². The van der Waals surface area contributed by atoms with Gasteiger partial charge >= 0.3 is 0 Å². The number of hydrogen-bond donors (Lipinski definition) is 1. The molecule has 1 amide bonds. The van der Waals surface area contributed by atoms with Crippen molar-refractivity contribution in [2.24, 2.45) is 5.10 Å². The molecular formula is C24H31N3O3. The highest BCUT2D eigenvalue weighted by Crippen LogP contribution is 2.27. The lowest BCUT2D eigenvalue weighted by Gasteiger charge is -2.28. The van der Waals surface area contributed by atoms with Crippen LogP contribution in [0.3, 0.4) is 0 Å². The summed E-state index contributed by atoms with van der Waals surface area (Å²) in [4.78, 5) is 14.5. The molecule has 2 aromatic carbocycles. The number of ether oxygens (including phenoxy) is 2. The van der Waals surface area contributed by atoms with Crippen LogP contribution in [0.15, 0.2) is 47.6 Å². The summed E-state index contributed by atoms with van der Waals surface area (Å²) in [5.41, 5.74) is 7.67. The molecule has 0 aliphatic carbocycles. The Balaban J connectivity index is 1.55. The Kier molecular flexibility index (Phi) is 7.46. The van der Waals surface area contributed by atoms with Crippen LogP contribution in [0.4, 0.5) is 5.69 Å². The van der Waals surface area contributed by atoms with Crippen LogP contribution < -0.4 is 15.1 Å². The number of anilines is 1. The minimum Gasteiger partial charge on any atom is -0.483 e. The van der Waals surface area contributed by atoms with Crippen LogP contribution in [-0.4, -0.2) is 44.5 Å². The summed E-state index contributed by atoms with van der Waals surface area (Å²) >= 11 is 0. The summed E-state index contributed by atoms with van der Waals surface area (Å²) < 4.78 is 11.2. The lowest BCUT2D eigenvalue weighted by Crippen LogP contribution is -2.36. The highest BCUT2D eigenvalue weighted by atomic mass is 16.5. The van der Waals surface area contributed by atoms with Crippen molar-refractivity contribution >= 4 is 17.3 Å². The summed E-state index contributed by atoms with van der Waals surface area (Å²) in [6.45, 7) is 11.4. The predicted octanol–water partition coefficient (Wildman–Crippen LogP) is 3.87. The van der Waals surface area contributed by atoms with Crippen LogP contribution in [-0.2, 0) is 9.53 Å². The molecule has 0 unspecified atom stereocenters. The van der Waals surface area contributed by atoms with Gasteiger partial charge in [-0.15, -0.1) is 0 Å². The molecule has 1 aliphatic heterocycles. The number of nitrogens with zero attached hydrogens (tertiary/aromatic N) is 2. The molecule has 1 fully saturated rings. The van der Waals surface area contributed by atoms with Crippen LogP contribution in [0.25, 0.3) is 0 Å². The fraction of sp³-hybridized carbons (Fsp3) is 0.417. The molecule has 1 saturated heterocycles. The molecule has 1 N–H and O–H groups in total. The first-order valence-electron chi connectivity index (χ1n) is 10.4. The lowest BCUT2D eigenvalue weighted by molar-refractivity contribution is -0.123. The Morgan fingerprint density at radius 2 is 1.87 bits per heavy atom. The van der Waals surface area contributed by atoms with Crippen molar-refractivity contribution in [1.29, 1.82) is 0 Å². The van der Waals surface area contributed by atoms with Gasteiger partial charge in [0.05, 0.1) is 18.9 Å². The standard InChI is InChI=1S/C24H31N3O3/c1-17(2)22-10-5-18(3)15-23(22)30-16-24(28)26-25-19(4)20-6-8-21(9-7-20)27-11-13-29-14-12-27/h5-10,15,17H,11-14,16H2,1-4H3,(H,26,28). The average Bonchev–Trinajstić information content (AvgIpc) is 2.76. The van der Waals surface area contributed by atoms with Gasteiger partial charge in [0, 0.05) is 18.8 Å². The molecule has 6 nitrogen and oxygen atoms in total. The Morgan fingerprint density at radius 1 is 1.17 bits per heavy atom. The number of nitrogens with one attached hydrogen (secondary N) is 1. The lowest BCUT2D eigenvalue weighted by atomic mass is 10.0. The van der Waals surface area contributed by atoms with Gasteiger partial charge in [-0.3, -0.25) is 4.79 Å². The fourth-order valence-corrected chi connectivity index (χ4v) is 3.36. The van der Waals surface area contributed by atoms with E-state index in [0.29, 0.717) is 5.92 Å². The second kappa shape index (κ2) is 10.3. The van der Waals surface area contributed by atoms with E-state index in [9.17, 15) is 4.79 Å². The van der Waals surface area contributed by atoms with E-state index in [1.54, 1.807) is 0 Å². The number of hydrogen-bond acceptors (Lipinski definition) is 5. The molecule has 0 radical (unpaired) electrons. The van der Waals surface area contributed by atoms with E-state index in [1.165, 1.54) is 5.69 Å². The van der Waals surface area contributed by atoms with E-state index >= 15 is 0 Å². The van der Waals surface area contributed by atoms with E-state index in [2.05, 4.69) is 53.5 Å². The molecule has 30 heavy (non-hydrogen) atoms. The van der Waals surface area contributed by atoms with Crippen molar-refractivity contribution in [3.8, 4) is 5.75 Å². The van der Waals surface area contributed by atoms with Crippen molar-refractivity contribution in [2.75, 3.05) is 37.8 Å². The number of carbonyl (C=O) groups excluding carboxylic acids is 1. The van der Waals surface area contributed by atoms with Gasteiger partial charge in [-0.2, -0.15) is 5.10 Å². The zero-order valence-electron chi connectivity index (χ0n) is 18.3. The third kappa shape index (κ3) is 5.83. The van der Waals surface area contributed by atoms with Gasteiger partial charge in [0.1, 0.15) is 5.75 Å². The molecule has 0 spiro atoms. The summed E-state index contributed by atoms with van der Waals surface area (Å²) in [6, 6.07) is 14.3. The molecular weight excluding hydrogens is 378 g/mol. The van der Waals surface area contributed by atoms with Crippen LogP contribution in [0.5, 0.6) is 5.75 Å².